The molecule has 0 aliphatic carbocycles. The van der Waals surface area contributed by atoms with Crippen LogP contribution in [-0.2, 0) is 4.79 Å². The molecule has 1 N–H and O–H groups in total. The first-order valence-electron chi connectivity index (χ1n) is 5.20. The van der Waals surface area contributed by atoms with Gasteiger partial charge in [0.15, 0.2) is 0 Å². The van der Waals surface area contributed by atoms with Gasteiger partial charge in [0.2, 0.25) is 0 Å². The molecular formula is C11H18N2O2. The largest absolute Gasteiger partial charge is 0.481 e. The maximum absolute atomic E-state index is 10.9. The standard InChI is InChI=1S/C11H18N2O2/c1-7(2)10-12-5-6-13(10)9(4)8(3)11(14)15/h5-9H,1-4H3,(H,14,15). The lowest BCUT2D eigenvalue weighted by atomic mass is 10.0. The van der Waals surface area contributed by atoms with Crippen molar-refractivity contribution in [2.24, 2.45) is 5.92 Å². The van der Waals surface area contributed by atoms with Gasteiger partial charge in [0.25, 0.3) is 0 Å². The number of aromatic nitrogens is 2. The fourth-order valence-electron chi connectivity index (χ4n) is 1.56. The molecule has 4 heteroatoms. The topological polar surface area (TPSA) is 55.1 Å². The van der Waals surface area contributed by atoms with Crippen LogP contribution in [0.15, 0.2) is 12.4 Å². The summed E-state index contributed by atoms with van der Waals surface area (Å²) in [5.41, 5.74) is 0. The van der Waals surface area contributed by atoms with Crippen molar-refractivity contribution in [2.45, 2.75) is 39.7 Å². The Morgan fingerprint density at radius 3 is 2.47 bits per heavy atom. The van der Waals surface area contributed by atoms with E-state index < -0.39 is 11.9 Å². The van der Waals surface area contributed by atoms with E-state index in [0.717, 1.165) is 5.82 Å². The van der Waals surface area contributed by atoms with Crippen LogP contribution in [0.1, 0.15) is 45.5 Å². The summed E-state index contributed by atoms with van der Waals surface area (Å²) in [6.45, 7) is 7.73. The maximum Gasteiger partial charge on any atom is 0.308 e. The molecule has 1 aromatic heterocycles. The smallest absolute Gasteiger partial charge is 0.308 e. The van der Waals surface area contributed by atoms with Gasteiger partial charge in [0.05, 0.1) is 5.92 Å². The third kappa shape index (κ3) is 2.37. The lowest BCUT2D eigenvalue weighted by Crippen LogP contribution is -2.23. The fraction of sp³-hybridized carbons (Fsp3) is 0.636. The van der Waals surface area contributed by atoms with Crippen molar-refractivity contribution < 1.29 is 9.90 Å². The quantitative estimate of drug-likeness (QED) is 0.829. The van der Waals surface area contributed by atoms with Crippen LogP contribution in [0.4, 0.5) is 0 Å². The Balaban J connectivity index is 2.95. The van der Waals surface area contributed by atoms with E-state index in [1.807, 2.05) is 17.7 Å². The summed E-state index contributed by atoms with van der Waals surface area (Å²) in [7, 11) is 0. The van der Waals surface area contributed by atoms with Gasteiger partial charge in [-0.15, -0.1) is 0 Å². The Hall–Kier alpha value is -1.32. The first-order chi connectivity index (χ1) is 6.95. The van der Waals surface area contributed by atoms with Crippen molar-refractivity contribution in [3.63, 3.8) is 0 Å². The van der Waals surface area contributed by atoms with Crippen molar-refractivity contribution in [3.05, 3.63) is 18.2 Å². The Morgan fingerprint density at radius 1 is 1.40 bits per heavy atom. The van der Waals surface area contributed by atoms with Crippen molar-refractivity contribution in [2.75, 3.05) is 0 Å². The minimum absolute atomic E-state index is 0.0672. The lowest BCUT2D eigenvalue weighted by Gasteiger charge is -2.21. The third-order valence-corrected chi connectivity index (χ3v) is 2.77. The third-order valence-electron chi connectivity index (χ3n) is 2.77. The van der Waals surface area contributed by atoms with Crippen LogP contribution in [0.25, 0.3) is 0 Å². The zero-order chi connectivity index (χ0) is 11.6. The van der Waals surface area contributed by atoms with Crippen LogP contribution in [0, 0.1) is 5.92 Å². The molecule has 2 unspecified atom stereocenters. The van der Waals surface area contributed by atoms with Gasteiger partial charge in [-0.05, 0) is 13.8 Å². The molecule has 0 bridgehead atoms. The number of rotatable bonds is 4. The molecule has 0 amide bonds. The lowest BCUT2D eigenvalue weighted by molar-refractivity contribution is -0.142. The number of nitrogens with zero attached hydrogens (tertiary/aromatic N) is 2. The van der Waals surface area contributed by atoms with Gasteiger partial charge in [0, 0.05) is 24.4 Å². The van der Waals surface area contributed by atoms with Gasteiger partial charge in [-0.3, -0.25) is 4.79 Å². The average Bonchev–Trinajstić information content (AvgIpc) is 2.63. The van der Waals surface area contributed by atoms with Crippen LogP contribution in [-0.4, -0.2) is 20.6 Å². The van der Waals surface area contributed by atoms with Gasteiger partial charge in [0.1, 0.15) is 5.82 Å². The van der Waals surface area contributed by atoms with Crippen molar-refractivity contribution in [3.8, 4) is 0 Å². The van der Waals surface area contributed by atoms with E-state index in [0.29, 0.717) is 5.92 Å². The van der Waals surface area contributed by atoms with E-state index in [4.69, 9.17) is 5.11 Å². The Kier molecular flexibility index (Phi) is 3.50. The molecule has 0 aliphatic heterocycles. The van der Waals surface area contributed by atoms with E-state index in [-0.39, 0.29) is 6.04 Å². The second-order valence-corrected chi connectivity index (χ2v) is 4.21. The molecule has 15 heavy (non-hydrogen) atoms. The molecule has 1 heterocycles. The summed E-state index contributed by atoms with van der Waals surface area (Å²) in [6.07, 6.45) is 3.57. The molecule has 1 aromatic rings. The van der Waals surface area contributed by atoms with E-state index in [1.165, 1.54) is 0 Å². The van der Waals surface area contributed by atoms with Gasteiger partial charge >= 0.3 is 5.97 Å². The van der Waals surface area contributed by atoms with Gasteiger partial charge < -0.3 is 9.67 Å². The van der Waals surface area contributed by atoms with Crippen LogP contribution in [0.5, 0.6) is 0 Å². The Bertz CT molecular complexity index is 344. The molecule has 0 fully saturated rings. The second kappa shape index (κ2) is 4.47. The number of hydrogen-bond acceptors (Lipinski definition) is 2. The van der Waals surface area contributed by atoms with Gasteiger partial charge in [-0.25, -0.2) is 4.98 Å². The minimum atomic E-state index is -0.772. The highest BCUT2D eigenvalue weighted by Crippen LogP contribution is 2.22. The summed E-state index contributed by atoms with van der Waals surface area (Å²) in [5, 5.41) is 8.95. The summed E-state index contributed by atoms with van der Waals surface area (Å²) >= 11 is 0. The zero-order valence-electron chi connectivity index (χ0n) is 9.64. The molecule has 0 spiro atoms. The summed E-state index contributed by atoms with van der Waals surface area (Å²) < 4.78 is 1.95. The number of carboxylic acids is 1. The average molecular weight is 210 g/mol. The normalized spacial score (nSPS) is 15.3. The van der Waals surface area contributed by atoms with Crippen LogP contribution in [0.3, 0.4) is 0 Å². The summed E-state index contributed by atoms with van der Waals surface area (Å²) in [6, 6.07) is -0.0672. The van der Waals surface area contributed by atoms with Gasteiger partial charge in [-0.2, -0.15) is 0 Å². The van der Waals surface area contributed by atoms with Crippen LogP contribution >= 0.6 is 0 Å². The molecule has 0 saturated heterocycles. The van der Waals surface area contributed by atoms with Crippen LogP contribution < -0.4 is 0 Å². The Labute approximate surface area is 89.9 Å². The van der Waals surface area contributed by atoms with E-state index >= 15 is 0 Å². The first kappa shape index (κ1) is 11.8. The predicted octanol–water partition coefficient (Wildman–Crippen LogP) is 2.29. The monoisotopic (exact) mass is 210 g/mol. The summed E-state index contributed by atoms with van der Waals surface area (Å²) in [5.74, 6) is 0.0710. The molecule has 0 saturated carbocycles. The first-order valence-corrected chi connectivity index (χ1v) is 5.20. The molecule has 84 valence electrons. The molecule has 0 radical (unpaired) electrons. The molecule has 0 aliphatic rings. The molecule has 2 atom stereocenters. The van der Waals surface area contributed by atoms with E-state index in [2.05, 4.69) is 18.8 Å². The SMILES string of the molecule is CC(C)c1nccn1C(C)C(C)C(=O)O. The van der Waals surface area contributed by atoms with Gasteiger partial charge in [-0.1, -0.05) is 13.8 Å². The molecule has 1 rings (SSSR count). The molecule has 4 nitrogen and oxygen atoms in total. The number of carbonyl (C=O) groups is 1. The number of carboxylic acid groups (broad SMARTS) is 1. The number of imidazole rings is 1. The molecular weight excluding hydrogens is 192 g/mol. The zero-order valence-corrected chi connectivity index (χ0v) is 9.64. The van der Waals surface area contributed by atoms with Crippen molar-refractivity contribution in [1.82, 2.24) is 9.55 Å². The highest BCUT2D eigenvalue weighted by Gasteiger charge is 2.23. The number of aliphatic carboxylic acids is 1. The highest BCUT2D eigenvalue weighted by molar-refractivity contribution is 5.70. The predicted molar refractivity (Wildman–Crippen MR) is 57.8 cm³/mol. The minimum Gasteiger partial charge on any atom is -0.481 e. The van der Waals surface area contributed by atoms with E-state index in [1.54, 1.807) is 13.1 Å². The van der Waals surface area contributed by atoms with Crippen molar-refractivity contribution in [1.29, 1.82) is 0 Å². The van der Waals surface area contributed by atoms with E-state index in [9.17, 15) is 4.79 Å². The summed E-state index contributed by atoms with van der Waals surface area (Å²) in [4.78, 5) is 15.1. The van der Waals surface area contributed by atoms with Crippen molar-refractivity contribution >= 4 is 5.97 Å². The second-order valence-electron chi connectivity index (χ2n) is 4.21. The fourth-order valence-corrected chi connectivity index (χ4v) is 1.56. The highest BCUT2D eigenvalue weighted by atomic mass is 16.4. The molecule has 0 aromatic carbocycles. The number of hydrogen-bond donors (Lipinski definition) is 1. The maximum atomic E-state index is 10.9. The van der Waals surface area contributed by atoms with Crippen LogP contribution in [0.2, 0.25) is 0 Å². The Morgan fingerprint density at radius 2 is 2.00 bits per heavy atom.